The smallest absolute Gasteiger partial charge is 0.119 e. The molecule has 2 nitrogen and oxygen atoms in total. The molecule has 0 spiro atoms. The fourth-order valence-corrected chi connectivity index (χ4v) is 2.61. The van der Waals surface area contributed by atoms with Gasteiger partial charge in [-0.1, -0.05) is 19.9 Å². The Labute approximate surface area is 111 Å². The maximum absolute atomic E-state index is 5.92. The molecule has 18 heavy (non-hydrogen) atoms. The third-order valence-corrected chi connectivity index (χ3v) is 3.76. The molecule has 0 amide bonds. The predicted octanol–water partition coefficient (Wildman–Crippen LogP) is 3.33. The second-order valence-electron chi connectivity index (χ2n) is 5.11. The van der Waals surface area contributed by atoms with Gasteiger partial charge >= 0.3 is 0 Å². The van der Waals surface area contributed by atoms with Crippen molar-refractivity contribution in [2.45, 2.75) is 52.0 Å². The fraction of sp³-hybridized carbons (Fsp3) is 0.625. The molecule has 2 heteroatoms. The van der Waals surface area contributed by atoms with Gasteiger partial charge in [0.1, 0.15) is 12.4 Å². The quantitative estimate of drug-likeness (QED) is 0.832. The first-order chi connectivity index (χ1) is 8.83. The molecule has 0 bridgehead atoms. The zero-order valence-electron chi connectivity index (χ0n) is 11.7. The average molecular weight is 247 g/mol. The number of hydrogen-bond acceptors (Lipinski definition) is 2. The lowest BCUT2D eigenvalue weighted by Crippen LogP contribution is -2.33. The summed E-state index contributed by atoms with van der Waals surface area (Å²) in [6.07, 6.45) is 6.23. The molecule has 100 valence electrons. The van der Waals surface area contributed by atoms with Gasteiger partial charge in [-0.15, -0.1) is 0 Å². The zero-order chi connectivity index (χ0) is 12.8. The highest BCUT2D eigenvalue weighted by molar-refractivity contribution is 5.37. The minimum atomic E-state index is 0.464. The van der Waals surface area contributed by atoms with Crippen LogP contribution in [-0.4, -0.2) is 19.2 Å². The van der Waals surface area contributed by atoms with Crippen LogP contribution in [0.15, 0.2) is 18.2 Å². The average Bonchev–Trinajstić information content (AvgIpc) is 2.43. The van der Waals surface area contributed by atoms with Crippen LogP contribution in [0.2, 0.25) is 0 Å². The van der Waals surface area contributed by atoms with E-state index in [4.69, 9.17) is 4.74 Å². The van der Waals surface area contributed by atoms with E-state index in [-0.39, 0.29) is 0 Å². The first-order valence-corrected chi connectivity index (χ1v) is 7.31. The molecule has 1 N–H and O–H groups in total. The number of likely N-dealkylation sites (N-methyl/N-ethyl adjacent to an activating group) is 1. The van der Waals surface area contributed by atoms with E-state index >= 15 is 0 Å². The highest BCUT2D eigenvalue weighted by Gasteiger charge is 2.11. The molecule has 0 saturated carbocycles. The first-order valence-electron chi connectivity index (χ1n) is 7.31. The van der Waals surface area contributed by atoms with Gasteiger partial charge in [0.2, 0.25) is 0 Å². The van der Waals surface area contributed by atoms with E-state index in [1.54, 1.807) is 0 Å². The Balaban J connectivity index is 1.93. The lowest BCUT2D eigenvalue weighted by Gasteiger charge is -2.19. The minimum absolute atomic E-state index is 0.464. The van der Waals surface area contributed by atoms with Crippen LogP contribution in [0.4, 0.5) is 0 Å². The fourth-order valence-electron chi connectivity index (χ4n) is 2.61. The van der Waals surface area contributed by atoms with E-state index in [1.165, 1.54) is 36.8 Å². The third kappa shape index (κ3) is 3.49. The standard InChI is InChI=1S/C16H25NO/c1-3-15(17-4-2)12-18-16-10-9-13-7-5-6-8-14(13)11-16/h9-11,15,17H,3-8,12H2,1-2H3. The van der Waals surface area contributed by atoms with Gasteiger partial charge in [0.15, 0.2) is 0 Å². The molecule has 1 aliphatic rings. The monoisotopic (exact) mass is 247 g/mol. The molecule has 0 aromatic heterocycles. The summed E-state index contributed by atoms with van der Waals surface area (Å²) in [5, 5.41) is 3.44. The Hall–Kier alpha value is -1.02. The number of hydrogen-bond donors (Lipinski definition) is 1. The Bertz CT molecular complexity index is 375. The SMILES string of the molecule is CCNC(CC)COc1ccc2c(c1)CCCC2. The number of aryl methyl sites for hydroxylation is 2. The molecular formula is C16H25NO. The van der Waals surface area contributed by atoms with E-state index in [0.717, 1.165) is 25.3 Å². The van der Waals surface area contributed by atoms with Crippen molar-refractivity contribution in [2.24, 2.45) is 0 Å². The summed E-state index contributed by atoms with van der Waals surface area (Å²) in [5.74, 6) is 1.03. The summed E-state index contributed by atoms with van der Waals surface area (Å²) in [4.78, 5) is 0. The largest absolute Gasteiger partial charge is 0.492 e. The highest BCUT2D eigenvalue weighted by atomic mass is 16.5. The molecule has 0 fully saturated rings. The molecule has 2 rings (SSSR count). The molecule has 0 radical (unpaired) electrons. The zero-order valence-corrected chi connectivity index (χ0v) is 11.7. The van der Waals surface area contributed by atoms with Gasteiger partial charge in [-0.3, -0.25) is 0 Å². The lowest BCUT2D eigenvalue weighted by molar-refractivity contribution is 0.262. The number of fused-ring (bicyclic) bond motifs is 1. The van der Waals surface area contributed by atoms with Crippen molar-refractivity contribution >= 4 is 0 Å². The summed E-state index contributed by atoms with van der Waals surface area (Å²) in [7, 11) is 0. The molecular weight excluding hydrogens is 222 g/mol. The number of rotatable bonds is 6. The Morgan fingerprint density at radius 3 is 2.67 bits per heavy atom. The Morgan fingerprint density at radius 1 is 1.17 bits per heavy atom. The van der Waals surface area contributed by atoms with Crippen molar-refractivity contribution in [2.75, 3.05) is 13.2 Å². The van der Waals surface area contributed by atoms with Crippen molar-refractivity contribution < 1.29 is 4.74 Å². The highest BCUT2D eigenvalue weighted by Crippen LogP contribution is 2.25. The van der Waals surface area contributed by atoms with Crippen LogP contribution >= 0.6 is 0 Å². The summed E-state index contributed by atoms with van der Waals surface area (Å²) in [5.41, 5.74) is 3.02. The van der Waals surface area contributed by atoms with E-state index < -0.39 is 0 Å². The van der Waals surface area contributed by atoms with E-state index in [0.29, 0.717) is 6.04 Å². The molecule has 1 aliphatic carbocycles. The predicted molar refractivity (Wildman–Crippen MR) is 76.3 cm³/mol. The molecule has 0 saturated heterocycles. The topological polar surface area (TPSA) is 21.3 Å². The van der Waals surface area contributed by atoms with Crippen molar-refractivity contribution in [3.63, 3.8) is 0 Å². The molecule has 0 aliphatic heterocycles. The second kappa shape index (κ2) is 6.79. The van der Waals surface area contributed by atoms with Gasteiger partial charge in [-0.25, -0.2) is 0 Å². The van der Waals surface area contributed by atoms with Crippen LogP contribution in [0, 0.1) is 0 Å². The summed E-state index contributed by atoms with van der Waals surface area (Å²) in [6.45, 7) is 6.11. The van der Waals surface area contributed by atoms with Gasteiger partial charge < -0.3 is 10.1 Å². The van der Waals surface area contributed by atoms with Gasteiger partial charge in [0.25, 0.3) is 0 Å². The van der Waals surface area contributed by atoms with Crippen LogP contribution in [0.5, 0.6) is 5.75 Å². The molecule has 0 heterocycles. The van der Waals surface area contributed by atoms with Crippen LogP contribution < -0.4 is 10.1 Å². The number of ether oxygens (including phenoxy) is 1. The molecule has 1 aromatic carbocycles. The van der Waals surface area contributed by atoms with Crippen molar-refractivity contribution in [1.82, 2.24) is 5.32 Å². The van der Waals surface area contributed by atoms with Gasteiger partial charge in [-0.05, 0) is 61.9 Å². The summed E-state index contributed by atoms with van der Waals surface area (Å²) < 4.78 is 5.92. The normalized spacial score (nSPS) is 16.1. The number of nitrogens with one attached hydrogen (secondary N) is 1. The number of benzene rings is 1. The van der Waals surface area contributed by atoms with E-state index in [9.17, 15) is 0 Å². The summed E-state index contributed by atoms with van der Waals surface area (Å²) in [6, 6.07) is 7.08. The van der Waals surface area contributed by atoms with Crippen molar-refractivity contribution in [3.05, 3.63) is 29.3 Å². The van der Waals surface area contributed by atoms with Crippen molar-refractivity contribution in [3.8, 4) is 5.75 Å². The molecule has 1 aromatic rings. The second-order valence-corrected chi connectivity index (χ2v) is 5.11. The molecule has 1 unspecified atom stereocenters. The minimum Gasteiger partial charge on any atom is -0.492 e. The Kier molecular flexibility index (Phi) is 5.06. The van der Waals surface area contributed by atoms with E-state index in [1.807, 2.05) is 0 Å². The third-order valence-electron chi connectivity index (χ3n) is 3.76. The van der Waals surface area contributed by atoms with Gasteiger partial charge in [0, 0.05) is 6.04 Å². The molecule has 1 atom stereocenters. The van der Waals surface area contributed by atoms with Gasteiger partial charge in [-0.2, -0.15) is 0 Å². The lowest BCUT2D eigenvalue weighted by atomic mass is 9.92. The van der Waals surface area contributed by atoms with Crippen LogP contribution in [0.25, 0.3) is 0 Å². The van der Waals surface area contributed by atoms with Crippen LogP contribution in [0.3, 0.4) is 0 Å². The maximum Gasteiger partial charge on any atom is 0.119 e. The van der Waals surface area contributed by atoms with E-state index in [2.05, 4.69) is 37.4 Å². The van der Waals surface area contributed by atoms with Gasteiger partial charge in [0.05, 0.1) is 0 Å². The Morgan fingerprint density at radius 2 is 1.94 bits per heavy atom. The van der Waals surface area contributed by atoms with Crippen molar-refractivity contribution in [1.29, 1.82) is 0 Å². The maximum atomic E-state index is 5.92. The first kappa shape index (κ1) is 13.4. The van der Waals surface area contributed by atoms with Crippen LogP contribution in [-0.2, 0) is 12.8 Å². The summed E-state index contributed by atoms with van der Waals surface area (Å²) >= 11 is 0. The van der Waals surface area contributed by atoms with Crippen LogP contribution in [0.1, 0.15) is 44.2 Å².